The van der Waals surface area contributed by atoms with Gasteiger partial charge in [0.2, 0.25) is 0 Å². The van der Waals surface area contributed by atoms with Crippen molar-refractivity contribution in [3.8, 4) is 5.75 Å². The van der Waals surface area contributed by atoms with Crippen molar-refractivity contribution in [2.75, 3.05) is 6.54 Å². The molecule has 90 valence electrons. The molecule has 0 aromatic heterocycles. The van der Waals surface area contributed by atoms with E-state index >= 15 is 0 Å². The molecule has 0 aliphatic rings. The number of rotatable bonds is 6. The van der Waals surface area contributed by atoms with Crippen molar-refractivity contribution in [1.29, 1.82) is 0 Å². The summed E-state index contributed by atoms with van der Waals surface area (Å²) in [5, 5.41) is 4.02. The summed E-state index contributed by atoms with van der Waals surface area (Å²) in [7, 11) is 0. The van der Waals surface area contributed by atoms with Gasteiger partial charge < -0.3 is 10.1 Å². The fraction of sp³-hybridized carbons (Fsp3) is 0.538. The van der Waals surface area contributed by atoms with Crippen LogP contribution in [-0.2, 0) is 6.54 Å². The van der Waals surface area contributed by atoms with Gasteiger partial charge >= 0.3 is 0 Å². The Kier molecular flexibility index (Phi) is 5.64. The largest absolute Gasteiger partial charge is 0.489 e. The highest BCUT2D eigenvalue weighted by Gasteiger charge is 2.04. The second kappa shape index (κ2) is 6.77. The van der Waals surface area contributed by atoms with Gasteiger partial charge in [0, 0.05) is 6.54 Å². The second-order valence-electron chi connectivity index (χ2n) is 4.11. The molecule has 2 nitrogen and oxygen atoms in total. The van der Waals surface area contributed by atoms with Crippen molar-refractivity contribution in [1.82, 2.24) is 5.32 Å². The lowest BCUT2D eigenvalue weighted by atomic mass is 10.2. The van der Waals surface area contributed by atoms with E-state index < -0.39 is 0 Å². The number of hydrogen-bond acceptors (Lipinski definition) is 2. The van der Waals surface area contributed by atoms with Gasteiger partial charge in [-0.15, -0.1) is 0 Å². The molecule has 1 rings (SSSR count). The van der Waals surface area contributed by atoms with Crippen LogP contribution in [0.2, 0.25) is 5.02 Å². The Balaban J connectivity index is 2.60. The first-order chi connectivity index (χ1) is 7.63. The van der Waals surface area contributed by atoms with Crippen LogP contribution >= 0.6 is 11.6 Å². The van der Waals surface area contributed by atoms with Crippen molar-refractivity contribution in [3.05, 3.63) is 28.8 Å². The first kappa shape index (κ1) is 13.3. The number of halogens is 1. The molecule has 0 atom stereocenters. The zero-order valence-electron chi connectivity index (χ0n) is 10.2. The molecule has 0 bridgehead atoms. The summed E-state index contributed by atoms with van der Waals surface area (Å²) >= 11 is 6.13. The van der Waals surface area contributed by atoms with Gasteiger partial charge in [0.05, 0.1) is 11.1 Å². The number of ether oxygens (including phenoxy) is 1. The molecule has 0 spiro atoms. The summed E-state index contributed by atoms with van der Waals surface area (Å²) in [5.41, 5.74) is 1.19. The fourth-order valence-corrected chi connectivity index (χ4v) is 1.66. The van der Waals surface area contributed by atoms with Gasteiger partial charge in [-0.25, -0.2) is 0 Å². The zero-order chi connectivity index (χ0) is 12.0. The Bertz CT molecular complexity index is 326. The lowest BCUT2D eigenvalue weighted by molar-refractivity contribution is 0.242. The average Bonchev–Trinajstić information content (AvgIpc) is 2.22. The van der Waals surface area contributed by atoms with Crippen LogP contribution in [0.15, 0.2) is 18.2 Å². The molecule has 3 heteroatoms. The Hall–Kier alpha value is -0.730. The van der Waals surface area contributed by atoms with Crippen LogP contribution in [0.3, 0.4) is 0 Å². The summed E-state index contributed by atoms with van der Waals surface area (Å²) in [6.45, 7) is 8.02. The fourth-order valence-electron chi connectivity index (χ4n) is 1.41. The molecular weight excluding hydrogens is 222 g/mol. The Labute approximate surface area is 103 Å². The van der Waals surface area contributed by atoms with Gasteiger partial charge in [0.25, 0.3) is 0 Å². The molecule has 1 aromatic rings. The van der Waals surface area contributed by atoms with Gasteiger partial charge in [0.1, 0.15) is 5.75 Å². The minimum Gasteiger partial charge on any atom is -0.489 e. The van der Waals surface area contributed by atoms with Crippen LogP contribution < -0.4 is 10.1 Å². The summed E-state index contributed by atoms with van der Waals surface area (Å²) < 4.78 is 5.57. The predicted octanol–water partition coefficient (Wildman–Crippen LogP) is 3.63. The Morgan fingerprint density at radius 1 is 1.38 bits per heavy atom. The third-order valence-electron chi connectivity index (χ3n) is 2.11. The SMILES string of the molecule is CCCNCc1ccc(OC(C)C)c(Cl)c1. The van der Waals surface area contributed by atoms with Gasteiger partial charge in [0.15, 0.2) is 0 Å². The summed E-state index contributed by atoms with van der Waals surface area (Å²) in [5.74, 6) is 0.760. The van der Waals surface area contributed by atoms with Crippen molar-refractivity contribution < 1.29 is 4.74 Å². The molecule has 0 aliphatic carbocycles. The minimum atomic E-state index is 0.154. The molecule has 0 radical (unpaired) electrons. The highest BCUT2D eigenvalue weighted by atomic mass is 35.5. The molecule has 0 aliphatic heterocycles. The highest BCUT2D eigenvalue weighted by molar-refractivity contribution is 6.32. The average molecular weight is 242 g/mol. The molecule has 1 N–H and O–H groups in total. The van der Waals surface area contributed by atoms with Crippen LogP contribution in [-0.4, -0.2) is 12.6 Å². The van der Waals surface area contributed by atoms with Crippen LogP contribution in [0, 0.1) is 0 Å². The lowest BCUT2D eigenvalue weighted by Crippen LogP contribution is -2.13. The monoisotopic (exact) mass is 241 g/mol. The van der Waals surface area contributed by atoms with Gasteiger partial charge in [-0.3, -0.25) is 0 Å². The molecular formula is C13H20ClNO. The maximum atomic E-state index is 6.13. The highest BCUT2D eigenvalue weighted by Crippen LogP contribution is 2.26. The summed E-state index contributed by atoms with van der Waals surface area (Å²) in [6, 6.07) is 5.94. The van der Waals surface area contributed by atoms with E-state index in [2.05, 4.69) is 12.2 Å². The molecule has 0 heterocycles. The molecule has 0 saturated carbocycles. The maximum Gasteiger partial charge on any atom is 0.138 e. The number of benzene rings is 1. The van der Waals surface area contributed by atoms with E-state index in [1.54, 1.807) is 0 Å². The Morgan fingerprint density at radius 2 is 2.12 bits per heavy atom. The summed E-state index contributed by atoms with van der Waals surface area (Å²) in [6.07, 6.45) is 1.30. The topological polar surface area (TPSA) is 21.3 Å². The minimum absolute atomic E-state index is 0.154. The van der Waals surface area contributed by atoms with E-state index in [0.29, 0.717) is 5.02 Å². The predicted molar refractivity (Wildman–Crippen MR) is 69.2 cm³/mol. The van der Waals surface area contributed by atoms with Crippen molar-refractivity contribution in [2.45, 2.75) is 39.8 Å². The standard InChI is InChI=1S/C13H20ClNO/c1-4-7-15-9-11-5-6-13(12(14)8-11)16-10(2)3/h5-6,8,10,15H,4,7,9H2,1-3H3. The van der Waals surface area contributed by atoms with Crippen LogP contribution in [0.1, 0.15) is 32.8 Å². The van der Waals surface area contributed by atoms with E-state index in [1.807, 2.05) is 32.0 Å². The molecule has 0 fully saturated rings. The van der Waals surface area contributed by atoms with E-state index in [1.165, 1.54) is 5.56 Å². The number of hydrogen-bond donors (Lipinski definition) is 1. The first-order valence-electron chi connectivity index (χ1n) is 5.79. The number of nitrogens with one attached hydrogen (secondary N) is 1. The first-order valence-corrected chi connectivity index (χ1v) is 6.17. The smallest absolute Gasteiger partial charge is 0.138 e. The second-order valence-corrected chi connectivity index (χ2v) is 4.52. The van der Waals surface area contributed by atoms with Crippen LogP contribution in [0.4, 0.5) is 0 Å². The van der Waals surface area contributed by atoms with Gasteiger partial charge in [-0.2, -0.15) is 0 Å². The quantitative estimate of drug-likeness (QED) is 0.768. The van der Waals surface area contributed by atoms with E-state index in [0.717, 1.165) is 25.3 Å². The molecule has 0 amide bonds. The zero-order valence-corrected chi connectivity index (χ0v) is 11.0. The van der Waals surface area contributed by atoms with Crippen LogP contribution in [0.5, 0.6) is 5.75 Å². The maximum absolute atomic E-state index is 6.13. The van der Waals surface area contributed by atoms with Crippen molar-refractivity contribution in [2.24, 2.45) is 0 Å². The van der Waals surface area contributed by atoms with Crippen LogP contribution in [0.25, 0.3) is 0 Å². The van der Waals surface area contributed by atoms with Crippen molar-refractivity contribution >= 4 is 11.6 Å². The molecule has 16 heavy (non-hydrogen) atoms. The molecule has 0 unspecified atom stereocenters. The molecule has 1 aromatic carbocycles. The third-order valence-corrected chi connectivity index (χ3v) is 2.41. The third kappa shape index (κ3) is 4.42. The van der Waals surface area contributed by atoms with E-state index in [-0.39, 0.29) is 6.10 Å². The normalized spacial score (nSPS) is 10.8. The van der Waals surface area contributed by atoms with Gasteiger partial charge in [-0.1, -0.05) is 24.6 Å². The summed E-state index contributed by atoms with van der Waals surface area (Å²) in [4.78, 5) is 0. The van der Waals surface area contributed by atoms with E-state index in [4.69, 9.17) is 16.3 Å². The van der Waals surface area contributed by atoms with Gasteiger partial charge in [-0.05, 0) is 44.5 Å². The van der Waals surface area contributed by atoms with Crippen molar-refractivity contribution in [3.63, 3.8) is 0 Å². The Morgan fingerprint density at radius 3 is 2.69 bits per heavy atom. The molecule has 0 saturated heterocycles. The van der Waals surface area contributed by atoms with E-state index in [9.17, 15) is 0 Å². The lowest BCUT2D eigenvalue weighted by Gasteiger charge is -2.12.